The summed E-state index contributed by atoms with van der Waals surface area (Å²) in [5, 5.41) is 3.00. The van der Waals surface area contributed by atoms with E-state index in [1.54, 1.807) is 6.08 Å². The third-order valence-electron chi connectivity index (χ3n) is 3.94. The maximum absolute atomic E-state index is 6.15. The summed E-state index contributed by atoms with van der Waals surface area (Å²) in [6.45, 7) is 7.76. The molecule has 0 saturated heterocycles. The van der Waals surface area contributed by atoms with Crippen LogP contribution in [-0.4, -0.2) is 9.97 Å². The maximum Gasteiger partial charge on any atom is 0.223 e. The fraction of sp³-hybridized carbons (Fsp3) is 0. The molecule has 3 nitrogen and oxygen atoms in total. The van der Waals surface area contributed by atoms with Crippen molar-refractivity contribution in [1.29, 1.82) is 0 Å². The molecule has 0 saturated carbocycles. The Balaban J connectivity index is 2.22. The lowest BCUT2D eigenvalue weighted by Gasteiger charge is -2.07. The van der Waals surface area contributed by atoms with E-state index in [9.17, 15) is 0 Å². The van der Waals surface area contributed by atoms with Gasteiger partial charge in [0, 0.05) is 21.6 Å². The van der Waals surface area contributed by atoms with Crippen molar-refractivity contribution in [2.24, 2.45) is 0 Å². The predicted molar refractivity (Wildman–Crippen MR) is 99.2 cm³/mol. The molecule has 2 aromatic carbocycles. The first kappa shape index (κ1) is 14.7. The van der Waals surface area contributed by atoms with Gasteiger partial charge in [-0.15, -0.1) is 0 Å². The lowest BCUT2D eigenvalue weighted by molar-refractivity contribution is 0.577. The van der Waals surface area contributed by atoms with E-state index in [1.165, 1.54) is 0 Å². The Labute approximate surface area is 143 Å². The third-order valence-corrected chi connectivity index (χ3v) is 4.11. The molecule has 0 N–H and O–H groups in total. The van der Waals surface area contributed by atoms with Crippen molar-refractivity contribution in [3.05, 3.63) is 71.0 Å². The fourth-order valence-corrected chi connectivity index (χ4v) is 3.14. The van der Waals surface area contributed by atoms with E-state index < -0.39 is 0 Å². The van der Waals surface area contributed by atoms with E-state index >= 15 is 0 Å². The van der Waals surface area contributed by atoms with Crippen molar-refractivity contribution in [2.75, 3.05) is 0 Å². The number of halogens is 1. The van der Waals surface area contributed by atoms with Crippen LogP contribution in [0.3, 0.4) is 0 Å². The molecule has 0 aliphatic rings. The SMILES string of the molecule is C=C/C=c1\c(=C)oc2cccc(-c3nc(Cl)nc4ccccc34)c12. The summed E-state index contributed by atoms with van der Waals surface area (Å²) in [7, 11) is 0. The number of hydrogen-bond acceptors (Lipinski definition) is 3. The molecule has 0 aliphatic carbocycles. The minimum absolute atomic E-state index is 0.216. The maximum atomic E-state index is 6.15. The van der Waals surface area contributed by atoms with Crippen molar-refractivity contribution in [2.45, 2.75) is 0 Å². The van der Waals surface area contributed by atoms with Gasteiger partial charge in [-0.05, 0) is 23.7 Å². The van der Waals surface area contributed by atoms with E-state index in [2.05, 4.69) is 23.1 Å². The van der Waals surface area contributed by atoms with Crippen molar-refractivity contribution >= 4 is 46.1 Å². The first-order valence-electron chi connectivity index (χ1n) is 7.45. The molecule has 0 radical (unpaired) electrons. The fourth-order valence-electron chi connectivity index (χ4n) is 2.97. The molecule has 24 heavy (non-hydrogen) atoms. The van der Waals surface area contributed by atoms with E-state index in [0.29, 0.717) is 5.42 Å². The highest BCUT2D eigenvalue weighted by atomic mass is 35.5. The third kappa shape index (κ3) is 2.22. The van der Waals surface area contributed by atoms with Crippen LogP contribution in [0.2, 0.25) is 5.28 Å². The monoisotopic (exact) mass is 332 g/mol. The first-order valence-corrected chi connectivity index (χ1v) is 7.82. The van der Waals surface area contributed by atoms with Gasteiger partial charge in [0.2, 0.25) is 5.28 Å². The molecule has 0 atom stereocenters. The largest absolute Gasteiger partial charge is 0.457 e. The highest BCUT2D eigenvalue weighted by molar-refractivity contribution is 6.29. The van der Waals surface area contributed by atoms with E-state index in [-0.39, 0.29) is 5.28 Å². The van der Waals surface area contributed by atoms with Crippen molar-refractivity contribution in [3.63, 3.8) is 0 Å². The first-order chi connectivity index (χ1) is 11.7. The Bertz CT molecular complexity index is 1210. The molecule has 0 aliphatic heterocycles. The Morgan fingerprint density at radius 1 is 1.04 bits per heavy atom. The van der Waals surface area contributed by atoms with Crippen molar-refractivity contribution in [1.82, 2.24) is 9.97 Å². The molecule has 2 heterocycles. The van der Waals surface area contributed by atoms with Crippen LogP contribution < -0.4 is 10.6 Å². The zero-order valence-electron chi connectivity index (χ0n) is 12.8. The second-order valence-electron chi connectivity index (χ2n) is 5.38. The van der Waals surface area contributed by atoms with Crippen LogP contribution in [0, 0.1) is 0 Å². The summed E-state index contributed by atoms with van der Waals surface area (Å²) in [4.78, 5) is 8.79. The normalized spacial score (nSPS) is 12.1. The number of para-hydroxylation sites is 1. The van der Waals surface area contributed by atoms with Crippen LogP contribution in [0.4, 0.5) is 0 Å². The van der Waals surface area contributed by atoms with Crippen LogP contribution in [0.5, 0.6) is 0 Å². The molecular weight excluding hydrogens is 320 g/mol. The molecule has 0 amide bonds. The summed E-state index contributed by atoms with van der Waals surface area (Å²) in [5.74, 6) is 0. The number of fused-ring (bicyclic) bond motifs is 2. The number of nitrogens with zero attached hydrogens (tertiary/aromatic N) is 2. The average molecular weight is 333 g/mol. The van der Waals surface area contributed by atoms with Crippen LogP contribution in [-0.2, 0) is 0 Å². The molecule has 2 aromatic heterocycles. The van der Waals surface area contributed by atoms with Gasteiger partial charge in [0.15, 0.2) is 0 Å². The Morgan fingerprint density at radius 3 is 2.71 bits per heavy atom. The number of furan rings is 1. The van der Waals surface area contributed by atoms with Gasteiger partial charge in [0.05, 0.1) is 11.2 Å². The second kappa shape index (κ2) is 5.62. The lowest BCUT2D eigenvalue weighted by Crippen LogP contribution is -2.17. The summed E-state index contributed by atoms with van der Waals surface area (Å²) < 4.78 is 5.79. The lowest BCUT2D eigenvalue weighted by atomic mass is 10.0. The van der Waals surface area contributed by atoms with Crippen LogP contribution >= 0.6 is 11.6 Å². The highest BCUT2D eigenvalue weighted by Crippen LogP contribution is 2.31. The highest BCUT2D eigenvalue weighted by Gasteiger charge is 2.14. The van der Waals surface area contributed by atoms with Crippen LogP contribution in [0.1, 0.15) is 0 Å². The molecular formula is C20H13ClN2O. The number of hydrogen-bond donors (Lipinski definition) is 0. The van der Waals surface area contributed by atoms with Gasteiger partial charge in [-0.3, -0.25) is 0 Å². The molecule has 0 bridgehead atoms. The molecule has 4 heteroatoms. The van der Waals surface area contributed by atoms with Gasteiger partial charge in [-0.2, -0.15) is 0 Å². The zero-order chi connectivity index (χ0) is 16.7. The summed E-state index contributed by atoms with van der Waals surface area (Å²) in [6, 6.07) is 13.7. The van der Waals surface area contributed by atoms with Crippen molar-refractivity contribution < 1.29 is 4.42 Å². The van der Waals surface area contributed by atoms with Gasteiger partial charge < -0.3 is 4.42 Å². The van der Waals surface area contributed by atoms with E-state index in [4.69, 9.17) is 16.0 Å². The number of rotatable bonds is 2. The summed E-state index contributed by atoms with van der Waals surface area (Å²) in [6.07, 6.45) is 3.61. The topological polar surface area (TPSA) is 38.9 Å². The summed E-state index contributed by atoms with van der Waals surface area (Å²) >= 11 is 6.15. The quantitative estimate of drug-likeness (QED) is 0.519. The zero-order valence-corrected chi connectivity index (χ0v) is 13.5. The van der Waals surface area contributed by atoms with Gasteiger partial charge in [0.25, 0.3) is 0 Å². The molecule has 4 rings (SSSR count). The minimum Gasteiger partial charge on any atom is -0.457 e. The van der Waals surface area contributed by atoms with Crippen molar-refractivity contribution in [3.8, 4) is 11.3 Å². The molecule has 116 valence electrons. The second-order valence-corrected chi connectivity index (χ2v) is 5.72. The summed E-state index contributed by atoms with van der Waals surface area (Å²) in [5.41, 5.74) is 3.86. The van der Waals surface area contributed by atoms with Gasteiger partial charge in [-0.1, -0.05) is 55.6 Å². The molecule has 4 aromatic rings. The van der Waals surface area contributed by atoms with Crippen LogP contribution in [0.25, 0.3) is 45.8 Å². The Kier molecular flexibility index (Phi) is 3.44. The molecule has 0 unspecified atom stereocenters. The van der Waals surface area contributed by atoms with Gasteiger partial charge in [0.1, 0.15) is 11.0 Å². The average Bonchev–Trinajstić information content (AvgIpc) is 2.90. The van der Waals surface area contributed by atoms with Gasteiger partial charge >= 0.3 is 0 Å². The smallest absolute Gasteiger partial charge is 0.223 e. The van der Waals surface area contributed by atoms with Gasteiger partial charge in [-0.25, -0.2) is 9.97 Å². The van der Waals surface area contributed by atoms with E-state index in [1.807, 2.05) is 48.5 Å². The molecule has 0 fully saturated rings. The Morgan fingerprint density at radius 2 is 1.88 bits per heavy atom. The van der Waals surface area contributed by atoms with E-state index in [0.717, 1.165) is 38.3 Å². The molecule has 0 spiro atoms. The minimum atomic E-state index is 0.216. The predicted octanol–water partition coefficient (Wildman–Crippen LogP) is 4.07. The number of allylic oxidation sites excluding steroid dienone is 1. The Hall–Kier alpha value is -2.91. The number of benzene rings is 2. The number of aromatic nitrogens is 2. The standard InChI is InChI=1S/C20H13ClN2O/c1-3-7-13-12(2)24-17-11-6-9-15(18(13)17)19-14-8-4-5-10-16(14)22-20(21)23-19/h3-11H,1-2H2/b13-7+. The van der Waals surface area contributed by atoms with Crippen LogP contribution in [0.15, 0.2) is 59.5 Å².